The Hall–Kier alpha value is -1.65. The van der Waals surface area contributed by atoms with E-state index >= 15 is 0 Å². The lowest BCUT2D eigenvalue weighted by Gasteiger charge is -2.13. The van der Waals surface area contributed by atoms with Crippen LogP contribution in [0.2, 0.25) is 0 Å². The Morgan fingerprint density at radius 1 is 1.44 bits per heavy atom. The number of aromatic carboxylic acids is 1. The number of anilines is 1. The number of hydrogen-bond acceptors (Lipinski definition) is 2. The molecule has 1 rings (SSSR count). The van der Waals surface area contributed by atoms with Crippen molar-refractivity contribution >= 4 is 11.7 Å². The summed E-state index contributed by atoms with van der Waals surface area (Å²) in [5, 5.41) is 11.4. The minimum absolute atomic E-state index is 0.0643. The second kappa shape index (κ2) is 4.92. The van der Waals surface area contributed by atoms with Crippen LogP contribution >= 0.6 is 0 Å². The second-order valence-electron chi connectivity index (χ2n) is 3.57. The van der Waals surface area contributed by atoms with E-state index in [2.05, 4.69) is 5.32 Å². The van der Waals surface area contributed by atoms with Crippen molar-refractivity contribution in [2.75, 3.05) is 5.32 Å². The molecule has 0 unspecified atom stereocenters. The van der Waals surface area contributed by atoms with Gasteiger partial charge in [-0.3, -0.25) is 0 Å². The van der Waals surface area contributed by atoms with Crippen LogP contribution in [0.15, 0.2) is 12.1 Å². The maximum absolute atomic E-state index is 13.3. The third-order valence-corrected chi connectivity index (χ3v) is 2.28. The summed E-state index contributed by atoms with van der Waals surface area (Å²) in [5.74, 6) is -3.75. The molecule has 5 heteroatoms. The van der Waals surface area contributed by atoms with Crippen LogP contribution in [0.5, 0.6) is 0 Å². The van der Waals surface area contributed by atoms with Crippen molar-refractivity contribution in [3.05, 3.63) is 29.3 Å². The van der Waals surface area contributed by atoms with Gasteiger partial charge in [0.25, 0.3) is 0 Å². The molecule has 0 aliphatic rings. The van der Waals surface area contributed by atoms with Crippen molar-refractivity contribution in [2.24, 2.45) is 0 Å². The lowest BCUT2D eigenvalue weighted by atomic mass is 10.1. The van der Waals surface area contributed by atoms with E-state index in [1.54, 1.807) is 0 Å². The summed E-state index contributed by atoms with van der Waals surface area (Å²) in [7, 11) is 0. The Kier molecular flexibility index (Phi) is 3.82. The van der Waals surface area contributed by atoms with Crippen LogP contribution < -0.4 is 5.32 Å². The fourth-order valence-electron chi connectivity index (χ4n) is 1.25. The van der Waals surface area contributed by atoms with E-state index in [9.17, 15) is 13.6 Å². The summed E-state index contributed by atoms with van der Waals surface area (Å²) >= 11 is 0. The second-order valence-corrected chi connectivity index (χ2v) is 3.57. The van der Waals surface area contributed by atoms with Crippen molar-refractivity contribution in [1.29, 1.82) is 0 Å². The number of rotatable bonds is 4. The monoisotopic (exact) mass is 229 g/mol. The van der Waals surface area contributed by atoms with E-state index in [1.807, 2.05) is 13.8 Å². The zero-order valence-electron chi connectivity index (χ0n) is 9.05. The first kappa shape index (κ1) is 12.4. The van der Waals surface area contributed by atoms with Crippen LogP contribution in [0.3, 0.4) is 0 Å². The lowest BCUT2D eigenvalue weighted by Crippen LogP contribution is -2.14. The molecular weight excluding hydrogens is 216 g/mol. The van der Waals surface area contributed by atoms with Crippen LogP contribution in [0, 0.1) is 11.6 Å². The van der Waals surface area contributed by atoms with Gasteiger partial charge in [0.2, 0.25) is 0 Å². The molecule has 16 heavy (non-hydrogen) atoms. The smallest absolute Gasteiger partial charge is 0.341 e. The Morgan fingerprint density at radius 2 is 1.94 bits per heavy atom. The maximum atomic E-state index is 13.3. The third-order valence-electron chi connectivity index (χ3n) is 2.28. The maximum Gasteiger partial charge on any atom is 0.341 e. The fraction of sp³-hybridized carbons (Fsp3) is 0.364. The molecule has 1 atom stereocenters. The zero-order valence-corrected chi connectivity index (χ0v) is 9.05. The number of hydrogen-bond donors (Lipinski definition) is 2. The van der Waals surface area contributed by atoms with Gasteiger partial charge in [-0.1, -0.05) is 6.92 Å². The summed E-state index contributed by atoms with van der Waals surface area (Å²) in [6, 6.07) is 2.03. The van der Waals surface area contributed by atoms with Gasteiger partial charge in [0.05, 0.1) is 0 Å². The van der Waals surface area contributed by atoms with Gasteiger partial charge in [-0.15, -0.1) is 0 Å². The van der Waals surface area contributed by atoms with Gasteiger partial charge in [0, 0.05) is 11.7 Å². The first-order chi connectivity index (χ1) is 7.45. The highest BCUT2D eigenvalue weighted by Gasteiger charge is 2.17. The molecule has 0 amide bonds. The molecule has 0 spiro atoms. The SMILES string of the molecule is CC[C@H](C)Nc1cc(F)c(C(=O)O)c(F)c1. The number of halogens is 2. The molecular formula is C11H13F2NO2. The van der Waals surface area contributed by atoms with E-state index in [0.29, 0.717) is 0 Å². The number of benzene rings is 1. The number of carboxylic acids is 1. The Balaban J connectivity index is 3.05. The van der Waals surface area contributed by atoms with Gasteiger partial charge >= 0.3 is 5.97 Å². The molecule has 0 bridgehead atoms. The van der Waals surface area contributed by atoms with E-state index in [0.717, 1.165) is 18.6 Å². The van der Waals surface area contributed by atoms with Gasteiger partial charge in [0.15, 0.2) is 0 Å². The predicted molar refractivity (Wildman–Crippen MR) is 56.7 cm³/mol. The van der Waals surface area contributed by atoms with Crippen molar-refractivity contribution in [3.8, 4) is 0 Å². The molecule has 0 fully saturated rings. The first-order valence-electron chi connectivity index (χ1n) is 4.94. The average Bonchev–Trinajstić information content (AvgIpc) is 2.15. The molecule has 0 radical (unpaired) electrons. The molecule has 0 aromatic heterocycles. The highest BCUT2D eigenvalue weighted by Crippen LogP contribution is 2.19. The summed E-state index contributed by atoms with van der Waals surface area (Å²) < 4.78 is 26.5. The zero-order chi connectivity index (χ0) is 12.3. The first-order valence-corrected chi connectivity index (χ1v) is 4.94. The molecule has 88 valence electrons. The van der Waals surface area contributed by atoms with E-state index < -0.39 is 23.2 Å². The van der Waals surface area contributed by atoms with Crippen LogP contribution in [0.25, 0.3) is 0 Å². The van der Waals surface area contributed by atoms with Crippen molar-refractivity contribution < 1.29 is 18.7 Å². The quantitative estimate of drug-likeness (QED) is 0.834. The normalized spacial score (nSPS) is 12.2. The van der Waals surface area contributed by atoms with Crippen LogP contribution in [-0.4, -0.2) is 17.1 Å². The summed E-state index contributed by atoms with van der Waals surface area (Å²) in [6.07, 6.45) is 0.796. The van der Waals surface area contributed by atoms with Gasteiger partial charge in [0.1, 0.15) is 17.2 Å². The molecule has 3 nitrogen and oxygen atoms in total. The Bertz CT molecular complexity index is 384. The van der Waals surface area contributed by atoms with Crippen LogP contribution in [-0.2, 0) is 0 Å². The Labute approximate surface area is 92.1 Å². The van der Waals surface area contributed by atoms with Gasteiger partial charge in [-0.2, -0.15) is 0 Å². The highest BCUT2D eigenvalue weighted by atomic mass is 19.1. The number of carbonyl (C=O) groups is 1. The van der Waals surface area contributed by atoms with E-state index in [4.69, 9.17) is 5.11 Å². The molecule has 0 saturated carbocycles. The van der Waals surface area contributed by atoms with Gasteiger partial charge in [-0.25, -0.2) is 13.6 Å². The summed E-state index contributed by atoms with van der Waals surface area (Å²) in [5.41, 5.74) is -0.677. The summed E-state index contributed by atoms with van der Waals surface area (Å²) in [6.45, 7) is 3.79. The Morgan fingerprint density at radius 3 is 2.31 bits per heavy atom. The van der Waals surface area contributed by atoms with Crippen LogP contribution in [0.1, 0.15) is 30.6 Å². The molecule has 0 saturated heterocycles. The van der Waals surface area contributed by atoms with Gasteiger partial charge < -0.3 is 10.4 Å². The minimum Gasteiger partial charge on any atom is -0.477 e. The lowest BCUT2D eigenvalue weighted by molar-refractivity contribution is 0.0686. The third kappa shape index (κ3) is 2.68. The van der Waals surface area contributed by atoms with Gasteiger partial charge in [-0.05, 0) is 25.5 Å². The minimum atomic E-state index is -1.61. The molecule has 0 aliphatic carbocycles. The summed E-state index contributed by atoms with van der Waals surface area (Å²) in [4.78, 5) is 10.5. The van der Waals surface area contributed by atoms with Crippen LogP contribution in [0.4, 0.5) is 14.5 Å². The average molecular weight is 229 g/mol. The molecule has 0 heterocycles. The van der Waals surface area contributed by atoms with Crippen molar-refractivity contribution in [3.63, 3.8) is 0 Å². The molecule has 2 N–H and O–H groups in total. The number of carboxylic acid groups (broad SMARTS) is 1. The number of nitrogens with one attached hydrogen (secondary N) is 1. The molecule has 1 aromatic carbocycles. The molecule has 0 aliphatic heterocycles. The standard InChI is InChI=1S/C11H13F2NO2/c1-3-6(2)14-7-4-8(12)10(11(15)16)9(13)5-7/h4-6,14H,3H2,1-2H3,(H,15,16)/t6-/m0/s1. The highest BCUT2D eigenvalue weighted by molar-refractivity contribution is 5.88. The fourth-order valence-corrected chi connectivity index (χ4v) is 1.25. The predicted octanol–water partition coefficient (Wildman–Crippen LogP) is 2.87. The molecule has 1 aromatic rings. The topological polar surface area (TPSA) is 49.3 Å². The van der Waals surface area contributed by atoms with Crippen molar-refractivity contribution in [1.82, 2.24) is 0 Å². The van der Waals surface area contributed by atoms with E-state index in [-0.39, 0.29) is 11.7 Å². The van der Waals surface area contributed by atoms with Crippen molar-refractivity contribution in [2.45, 2.75) is 26.3 Å². The van der Waals surface area contributed by atoms with E-state index in [1.165, 1.54) is 0 Å². The largest absolute Gasteiger partial charge is 0.477 e.